The third-order valence-corrected chi connectivity index (χ3v) is 6.71. The molecular formula is C26H27N3O2S. The van der Waals surface area contributed by atoms with Gasteiger partial charge in [0, 0.05) is 6.54 Å². The number of nitrogens with zero attached hydrogens (tertiary/aromatic N) is 3. The lowest BCUT2D eigenvalue weighted by Gasteiger charge is -2.30. The van der Waals surface area contributed by atoms with E-state index in [9.17, 15) is 9.59 Å². The number of aromatic nitrogens is 2. The second-order valence-corrected chi connectivity index (χ2v) is 9.00. The van der Waals surface area contributed by atoms with E-state index in [1.54, 1.807) is 10.6 Å². The first-order valence-corrected chi connectivity index (χ1v) is 11.7. The van der Waals surface area contributed by atoms with E-state index in [1.165, 1.54) is 11.3 Å². The summed E-state index contributed by atoms with van der Waals surface area (Å²) < 4.78 is 1.67. The van der Waals surface area contributed by atoms with Gasteiger partial charge in [-0.2, -0.15) is 0 Å². The van der Waals surface area contributed by atoms with Gasteiger partial charge in [0.2, 0.25) is 0 Å². The number of para-hydroxylation sites is 1. The predicted molar refractivity (Wildman–Crippen MR) is 131 cm³/mol. The molecular weight excluding hydrogens is 418 g/mol. The van der Waals surface area contributed by atoms with Gasteiger partial charge >= 0.3 is 0 Å². The van der Waals surface area contributed by atoms with Crippen molar-refractivity contribution >= 4 is 28.1 Å². The summed E-state index contributed by atoms with van der Waals surface area (Å²) in [5.41, 5.74) is 3.53. The minimum atomic E-state index is -0.386. The molecule has 1 atom stereocenters. The van der Waals surface area contributed by atoms with Crippen molar-refractivity contribution in [1.29, 1.82) is 0 Å². The normalized spacial score (nSPS) is 12.1. The van der Waals surface area contributed by atoms with Crippen LogP contribution < -0.4 is 5.56 Å². The van der Waals surface area contributed by atoms with Gasteiger partial charge < -0.3 is 4.90 Å². The van der Waals surface area contributed by atoms with Crippen molar-refractivity contribution < 1.29 is 4.79 Å². The Balaban J connectivity index is 1.94. The standard InChI is InChI=1S/C26H27N3O2S/c1-5-14-28(26(31)23-11-8-15-32-23)19(4)24-27-22-10-7-6-9-21(22)25(30)29(24)20-13-12-17(2)18(3)16-20/h6-13,15-16,19H,5,14H2,1-4H3. The fraction of sp³-hybridized carbons (Fsp3) is 0.269. The SMILES string of the molecule is CCCN(C(=O)c1cccs1)C(C)c1nc2ccccc2c(=O)n1-c1ccc(C)c(C)c1. The molecule has 2 aromatic heterocycles. The number of aryl methyl sites for hydroxylation is 2. The largest absolute Gasteiger partial charge is 0.328 e. The number of hydrogen-bond donors (Lipinski definition) is 0. The van der Waals surface area contributed by atoms with E-state index in [1.807, 2.05) is 86.5 Å². The Bertz CT molecular complexity index is 1320. The summed E-state index contributed by atoms with van der Waals surface area (Å²) in [6.07, 6.45) is 0.808. The van der Waals surface area contributed by atoms with Gasteiger partial charge in [-0.25, -0.2) is 4.98 Å². The summed E-state index contributed by atoms with van der Waals surface area (Å²) in [7, 11) is 0. The van der Waals surface area contributed by atoms with Gasteiger partial charge in [-0.3, -0.25) is 14.2 Å². The van der Waals surface area contributed by atoms with Crippen LogP contribution in [-0.2, 0) is 0 Å². The van der Waals surface area contributed by atoms with Gasteiger partial charge in [-0.05, 0) is 74.0 Å². The van der Waals surface area contributed by atoms with Crippen LogP contribution in [0.1, 0.15) is 52.9 Å². The molecule has 5 nitrogen and oxygen atoms in total. The highest BCUT2D eigenvalue weighted by Gasteiger charge is 2.27. The number of benzene rings is 2. The molecule has 32 heavy (non-hydrogen) atoms. The molecule has 0 saturated carbocycles. The average molecular weight is 446 g/mol. The van der Waals surface area contributed by atoms with E-state index >= 15 is 0 Å². The van der Waals surface area contributed by atoms with Gasteiger partial charge in [-0.1, -0.05) is 31.2 Å². The molecule has 1 unspecified atom stereocenters. The Morgan fingerprint density at radius 3 is 2.56 bits per heavy atom. The van der Waals surface area contributed by atoms with E-state index < -0.39 is 0 Å². The van der Waals surface area contributed by atoms with E-state index in [0.717, 1.165) is 23.2 Å². The van der Waals surface area contributed by atoms with Crippen LogP contribution in [-0.4, -0.2) is 26.9 Å². The van der Waals surface area contributed by atoms with Crippen LogP contribution in [0.3, 0.4) is 0 Å². The number of carbonyl (C=O) groups excluding carboxylic acids is 1. The van der Waals surface area contributed by atoms with Crippen LogP contribution in [0, 0.1) is 13.8 Å². The molecule has 0 fully saturated rings. The van der Waals surface area contributed by atoms with Crippen LogP contribution in [0.4, 0.5) is 0 Å². The molecule has 4 aromatic rings. The molecule has 6 heteroatoms. The number of thiophene rings is 1. The van der Waals surface area contributed by atoms with Crippen LogP contribution >= 0.6 is 11.3 Å². The maximum absolute atomic E-state index is 13.7. The fourth-order valence-electron chi connectivity index (χ4n) is 3.94. The summed E-state index contributed by atoms with van der Waals surface area (Å²) in [6, 6.07) is 16.7. The summed E-state index contributed by atoms with van der Waals surface area (Å²) in [4.78, 5) is 34.4. The maximum atomic E-state index is 13.7. The van der Waals surface area contributed by atoms with Gasteiger partial charge in [0.1, 0.15) is 5.82 Å². The van der Waals surface area contributed by atoms with Crippen LogP contribution in [0.2, 0.25) is 0 Å². The van der Waals surface area contributed by atoms with E-state index in [4.69, 9.17) is 4.98 Å². The third kappa shape index (κ3) is 3.98. The Kier molecular flexibility index (Phi) is 6.24. The van der Waals surface area contributed by atoms with Crippen molar-refractivity contribution in [2.24, 2.45) is 0 Å². The highest BCUT2D eigenvalue weighted by molar-refractivity contribution is 7.12. The summed E-state index contributed by atoms with van der Waals surface area (Å²) >= 11 is 1.43. The first-order valence-electron chi connectivity index (χ1n) is 10.9. The zero-order valence-electron chi connectivity index (χ0n) is 18.8. The second-order valence-electron chi connectivity index (χ2n) is 8.05. The summed E-state index contributed by atoms with van der Waals surface area (Å²) in [5, 5.41) is 2.47. The molecule has 164 valence electrons. The average Bonchev–Trinajstić information content (AvgIpc) is 3.33. The Morgan fingerprint density at radius 2 is 1.88 bits per heavy atom. The van der Waals surface area contributed by atoms with Crippen molar-refractivity contribution in [3.63, 3.8) is 0 Å². The van der Waals surface area contributed by atoms with Crippen LogP contribution in [0.25, 0.3) is 16.6 Å². The monoisotopic (exact) mass is 445 g/mol. The molecule has 0 aliphatic carbocycles. The maximum Gasteiger partial charge on any atom is 0.266 e. The van der Waals surface area contributed by atoms with Crippen molar-refractivity contribution in [3.8, 4) is 5.69 Å². The highest BCUT2D eigenvalue weighted by atomic mass is 32.1. The number of fused-ring (bicyclic) bond motifs is 1. The number of hydrogen-bond acceptors (Lipinski definition) is 4. The van der Waals surface area contributed by atoms with Crippen LogP contribution in [0.5, 0.6) is 0 Å². The smallest absolute Gasteiger partial charge is 0.266 e. The molecule has 0 aliphatic rings. The molecule has 0 radical (unpaired) electrons. The minimum Gasteiger partial charge on any atom is -0.328 e. The lowest BCUT2D eigenvalue weighted by molar-refractivity contribution is 0.0686. The molecule has 2 heterocycles. The van der Waals surface area contributed by atoms with Crippen molar-refractivity contribution in [2.45, 2.75) is 40.2 Å². The molecule has 0 saturated heterocycles. The van der Waals surface area contributed by atoms with Gasteiger partial charge in [0.25, 0.3) is 11.5 Å². The lowest BCUT2D eigenvalue weighted by atomic mass is 10.1. The second kappa shape index (κ2) is 9.09. The Labute approximate surface area is 192 Å². The van der Waals surface area contributed by atoms with Crippen LogP contribution in [0.15, 0.2) is 64.8 Å². The van der Waals surface area contributed by atoms with E-state index in [2.05, 4.69) is 0 Å². The fourth-order valence-corrected chi connectivity index (χ4v) is 4.62. The molecule has 0 spiro atoms. The summed E-state index contributed by atoms with van der Waals surface area (Å²) in [5.74, 6) is 0.527. The Hall–Kier alpha value is -3.25. The van der Waals surface area contributed by atoms with E-state index in [0.29, 0.717) is 28.1 Å². The van der Waals surface area contributed by atoms with Crippen molar-refractivity contribution in [2.75, 3.05) is 6.54 Å². The summed E-state index contributed by atoms with van der Waals surface area (Å²) in [6.45, 7) is 8.66. The zero-order chi connectivity index (χ0) is 22.8. The predicted octanol–water partition coefficient (Wildman–Crippen LogP) is 5.68. The van der Waals surface area contributed by atoms with Crippen molar-refractivity contribution in [3.05, 3.63) is 92.2 Å². The number of amides is 1. The Morgan fingerprint density at radius 1 is 1.09 bits per heavy atom. The number of rotatable bonds is 6. The molecule has 4 rings (SSSR count). The molecule has 0 aliphatic heterocycles. The number of carbonyl (C=O) groups is 1. The third-order valence-electron chi connectivity index (χ3n) is 5.85. The van der Waals surface area contributed by atoms with Gasteiger partial charge in [0.15, 0.2) is 0 Å². The van der Waals surface area contributed by atoms with Gasteiger partial charge in [-0.15, -0.1) is 11.3 Å². The highest BCUT2D eigenvalue weighted by Crippen LogP contribution is 2.26. The minimum absolute atomic E-state index is 0.0385. The first kappa shape index (κ1) is 22.0. The zero-order valence-corrected chi connectivity index (χ0v) is 19.6. The quantitative estimate of drug-likeness (QED) is 0.384. The van der Waals surface area contributed by atoms with Crippen molar-refractivity contribution in [1.82, 2.24) is 14.5 Å². The molecule has 0 bridgehead atoms. The molecule has 2 aromatic carbocycles. The molecule has 0 N–H and O–H groups in total. The first-order chi connectivity index (χ1) is 15.4. The lowest BCUT2D eigenvalue weighted by Crippen LogP contribution is -2.37. The van der Waals surface area contributed by atoms with E-state index in [-0.39, 0.29) is 17.5 Å². The molecule has 1 amide bonds. The van der Waals surface area contributed by atoms with Gasteiger partial charge in [0.05, 0.1) is 27.5 Å². The topological polar surface area (TPSA) is 55.2 Å².